The van der Waals surface area contributed by atoms with E-state index in [0.717, 1.165) is 80.6 Å². The molecule has 3 aliphatic heterocycles. The van der Waals surface area contributed by atoms with Crippen molar-refractivity contribution in [3.63, 3.8) is 0 Å². The first-order valence-corrected chi connectivity index (χ1v) is 9.04. The summed E-state index contributed by atoms with van der Waals surface area (Å²) in [5.74, 6) is 1.67. The van der Waals surface area contributed by atoms with Crippen LogP contribution < -0.4 is 10.2 Å². The van der Waals surface area contributed by atoms with Gasteiger partial charge in [-0.15, -0.1) is 0 Å². The third-order valence-corrected chi connectivity index (χ3v) is 5.91. The Labute approximate surface area is 143 Å². The van der Waals surface area contributed by atoms with Crippen LogP contribution in [0.5, 0.6) is 0 Å². The number of hydrogen-bond donors (Lipinski definition) is 1. The van der Waals surface area contributed by atoms with E-state index in [1.165, 1.54) is 0 Å². The quantitative estimate of drug-likeness (QED) is 0.854. The second-order valence-corrected chi connectivity index (χ2v) is 7.31. The Morgan fingerprint density at radius 3 is 2.46 bits per heavy atom. The van der Waals surface area contributed by atoms with E-state index >= 15 is 0 Å². The van der Waals surface area contributed by atoms with Crippen molar-refractivity contribution in [2.45, 2.75) is 26.2 Å². The van der Waals surface area contributed by atoms with Gasteiger partial charge in [-0.05, 0) is 68.0 Å². The number of nitrogens with one attached hydrogen (secondary N) is 1. The summed E-state index contributed by atoms with van der Waals surface area (Å²) >= 11 is 0. The molecule has 0 aromatic heterocycles. The van der Waals surface area contributed by atoms with Gasteiger partial charge in [0.1, 0.15) is 0 Å². The van der Waals surface area contributed by atoms with E-state index in [4.69, 9.17) is 0 Å². The van der Waals surface area contributed by atoms with Gasteiger partial charge in [-0.1, -0.05) is 0 Å². The molecule has 2 amide bonds. The van der Waals surface area contributed by atoms with Crippen LogP contribution in [0, 0.1) is 11.8 Å². The van der Waals surface area contributed by atoms with Gasteiger partial charge in [-0.3, -0.25) is 9.59 Å². The molecule has 5 nitrogen and oxygen atoms in total. The number of carbonyl (C=O) groups is 2. The molecule has 24 heavy (non-hydrogen) atoms. The van der Waals surface area contributed by atoms with Crippen LogP contribution in [-0.2, 0) is 11.2 Å². The highest BCUT2D eigenvalue weighted by atomic mass is 16.2. The highest BCUT2D eigenvalue weighted by molar-refractivity contribution is 5.97. The van der Waals surface area contributed by atoms with E-state index in [-0.39, 0.29) is 11.8 Å². The highest BCUT2D eigenvalue weighted by Gasteiger charge is 2.32. The lowest BCUT2D eigenvalue weighted by Crippen LogP contribution is -2.32. The van der Waals surface area contributed by atoms with Gasteiger partial charge in [-0.2, -0.15) is 0 Å². The summed E-state index contributed by atoms with van der Waals surface area (Å²) in [6.45, 7) is 6.25. The average Bonchev–Trinajstić information content (AvgIpc) is 3.16. The van der Waals surface area contributed by atoms with E-state index in [9.17, 15) is 9.59 Å². The first kappa shape index (κ1) is 15.6. The van der Waals surface area contributed by atoms with Crippen LogP contribution >= 0.6 is 0 Å². The Morgan fingerprint density at radius 2 is 1.79 bits per heavy atom. The molecule has 0 bridgehead atoms. The van der Waals surface area contributed by atoms with Crippen molar-refractivity contribution < 1.29 is 9.59 Å². The van der Waals surface area contributed by atoms with Crippen molar-refractivity contribution in [3.05, 3.63) is 29.3 Å². The molecule has 1 aromatic carbocycles. The number of likely N-dealkylation sites (tertiary alicyclic amines) is 1. The third kappa shape index (κ3) is 2.71. The predicted octanol–water partition coefficient (Wildman–Crippen LogP) is 1.67. The summed E-state index contributed by atoms with van der Waals surface area (Å²) in [4.78, 5) is 28.4. The van der Waals surface area contributed by atoms with E-state index in [1.807, 2.05) is 23.1 Å². The van der Waals surface area contributed by atoms with E-state index in [2.05, 4.69) is 5.32 Å². The fourth-order valence-electron chi connectivity index (χ4n) is 4.47. The van der Waals surface area contributed by atoms with E-state index in [0.29, 0.717) is 0 Å². The number of benzene rings is 1. The molecule has 0 aliphatic carbocycles. The minimum atomic E-state index is 0.0699. The van der Waals surface area contributed by atoms with E-state index in [1.54, 1.807) is 11.8 Å². The van der Waals surface area contributed by atoms with Crippen molar-refractivity contribution in [2.75, 3.05) is 37.6 Å². The minimum absolute atomic E-state index is 0.0699. The van der Waals surface area contributed by atoms with Crippen LogP contribution in [0.15, 0.2) is 18.2 Å². The molecule has 5 heteroatoms. The zero-order valence-corrected chi connectivity index (χ0v) is 14.3. The van der Waals surface area contributed by atoms with Gasteiger partial charge in [-0.25, -0.2) is 0 Å². The Bertz CT molecular complexity index is 659. The van der Waals surface area contributed by atoms with Gasteiger partial charge >= 0.3 is 0 Å². The highest BCUT2D eigenvalue weighted by Crippen LogP contribution is 2.31. The molecule has 0 unspecified atom stereocenters. The molecular weight excluding hydrogens is 302 g/mol. The van der Waals surface area contributed by atoms with Gasteiger partial charge < -0.3 is 15.1 Å². The van der Waals surface area contributed by atoms with Gasteiger partial charge in [0.05, 0.1) is 0 Å². The number of carbonyl (C=O) groups excluding carboxylic acids is 2. The molecule has 0 spiro atoms. The topological polar surface area (TPSA) is 52.7 Å². The number of hydrogen-bond acceptors (Lipinski definition) is 3. The van der Waals surface area contributed by atoms with Crippen molar-refractivity contribution in [1.29, 1.82) is 0 Å². The van der Waals surface area contributed by atoms with Crippen molar-refractivity contribution in [1.82, 2.24) is 10.2 Å². The summed E-state index contributed by atoms with van der Waals surface area (Å²) in [5, 5.41) is 3.47. The standard InChI is InChI=1S/C19H25N3O2/c1-13(23)22-9-6-14-10-15(2-3-18(14)22)19(24)21-7-4-16-11-20-12-17(16)5-8-21/h2-3,10,16-17,20H,4-9,11-12H2,1H3/t16-,17+. The van der Waals surface area contributed by atoms with Crippen LogP contribution in [0.1, 0.15) is 35.7 Å². The predicted molar refractivity (Wildman–Crippen MR) is 93.2 cm³/mol. The Morgan fingerprint density at radius 1 is 1.08 bits per heavy atom. The van der Waals surface area contributed by atoms with Crippen LogP contribution in [0.4, 0.5) is 5.69 Å². The molecule has 2 saturated heterocycles. The van der Waals surface area contributed by atoms with Gasteiger partial charge in [0, 0.05) is 37.8 Å². The Kier molecular flexibility index (Phi) is 4.04. The van der Waals surface area contributed by atoms with Crippen molar-refractivity contribution in [3.8, 4) is 0 Å². The molecule has 0 radical (unpaired) electrons. The zero-order valence-electron chi connectivity index (χ0n) is 14.3. The SMILES string of the molecule is CC(=O)N1CCc2cc(C(=O)N3CC[C@@H]4CNC[C@@H]4CC3)ccc21. The lowest BCUT2D eigenvalue weighted by atomic mass is 9.92. The monoisotopic (exact) mass is 327 g/mol. The van der Waals surface area contributed by atoms with Crippen LogP contribution in [0.2, 0.25) is 0 Å². The number of nitrogens with zero attached hydrogens (tertiary/aromatic N) is 2. The number of anilines is 1. The number of amides is 2. The number of fused-ring (bicyclic) bond motifs is 2. The molecule has 4 rings (SSSR count). The molecule has 2 fully saturated rings. The first-order valence-electron chi connectivity index (χ1n) is 9.04. The molecular formula is C19H25N3O2. The zero-order chi connectivity index (χ0) is 16.7. The maximum Gasteiger partial charge on any atom is 0.253 e. The Hall–Kier alpha value is -1.88. The third-order valence-electron chi connectivity index (χ3n) is 5.91. The molecule has 1 N–H and O–H groups in total. The van der Waals surface area contributed by atoms with Crippen molar-refractivity contribution in [2.24, 2.45) is 11.8 Å². The van der Waals surface area contributed by atoms with E-state index < -0.39 is 0 Å². The Balaban J connectivity index is 1.50. The summed E-state index contributed by atoms with van der Waals surface area (Å²) in [6, 6.07) is 5.82. The average molecular weight is 327 g/mol. The normalized spacial score (nSPS) is 26.0. The van der Waals surface area contributed by atoms with Gasteiger partial charge in [0.15, 0.2) is 0 Å². The van der Waals surface area contributed by atoms with Crippen LogP contribution in [0.25, 0.3) is 0 Å². The molecule has 128 valence electrons. The van der Waals surface area contributed by atoms with Gasteiger partial charge in [0.2, 0.25) is 5.91 Å². The van der Waals surface area contributed by atoms with Crippen molar-refractivity contribution >= 4 is 17.5 Å². The lowest BCUT2D eigenvalue weighted by molar-refractivity contribution is -0.116. The molecule has 1 aromatic rings. The summed E-state index contributed by atoms with van der Waals surface area (Å²) < 4.78 is 0. The van der Waals surface area contributed by atoms with Gasteiger partial charge in [0.25, 0.3) is 5.91 Å². The smallest absolute Gasteiger partial charge is 0.253 e. The maximum absolute atomic E-state index is 12.9. The summed E-state index contributed by atoms with van der Waals surface area (Å²) in [7, 11) is 0. The van der Waals surface area contributed by atoms with Crippen LogP contribution in [0.3, 0.4) is 0 Å². The van der Waals surface area contributed by atoms with Crippen LogP contribution in [-0.4, -0.2) is 49.4 Å². The molecule has 3 heterocycles. The number of rotatable bonds is 1. The maximum atomic E-state index is 12.9. The second kappa shape index (κ2) is 6.20. The first-order chi connectivity index (χ1) is 11.6. The summed E-state index contributed by atoms with van der Waals surface area (Å²) in [5.41, 5.74) is 2.85. The molecule has 2 atom stereocenters. The largest absolute Gasteiger partial charge is 0.339 e. The second-order valence-electron chi connectivity index (χ2n) is 7.31. The fraction of sp³-hybridized carbons (Fsp3) is 0.579. The molecule has 0 saturated carbocycles. The lowest BCUT2D eigenvalue weighted by Gasteiger charge is -2.21. The fourth-order valence-corrected chi connectivity index (χ4v) is 4.47. The molecule has 3 aliphatic rings. The summed E-state index contributed by atoms with van der Waals surface area (Å²) in [6.07, 6.45) is 3.05. The minimum Gasteiger partial charge on any atom is -0.339 e.